The van der Waals surface area contributed by atoms with Crippen LogP contribution in [0.25, 0.3) is 11.3 Å². The lowest BCUT2D eigenvalue weighted by Gasteiger charge is -2.08. The molecule has 4 rings (SSSR count). The minimum Gasteiger partial charge on any atom is -0.456 e. The van der Waals surface area contributed by atoms with Gasteiger partial charge in [-0.3, -0.25) is 29.0 Å². The van der Waals surface area contributed by atoms with E-state index < -0.39 is 17.4 Å². The second-order valence-electron chi connectivity index (χ2n) is 6.74. The number of carbonyl (C=O) groups is 2. The Balaban J connectivity index is 1.42. The second-order valence-corrected chi connectivity index (χ2v) is 6.74. The number of aromatic nitrogens is 6. The Morgan fingerprint density at radius 1 is 1.06 bits per heavy atom. The van der Waals surface area contributed by atoms with E-state index in [4.69, 9.17) is 4.74 Å². The van der Waals surface area contributed by atoms with E-state index in [2.05, 4.69) is 35.1 Å². The van der Waals surface area contributed by atoms with Crippen LogP contribution in [0.3, 0.4) is 0 Å². The highest BCUT2D eigenvalue weighted by Crippen LogP contribution is 2.25. The van der Waals surface area contributed by atoms with Crippen LogP contribution in [0.5, 0.6) is 17.5 Å². The normalized spacial score (nSPS) is 10.5. The largest absolute Gasteiger partial charge is 0.456 e. The zero-order valence-electron chi connectivity index (χ0n) is 17.5. The summed E-state index contributed by atoms with van der Waals surface area (Å²) in [4.78, 5) is 49.7. The van der Waals surface area contributed by atoms with Crippen LogP contribution in [0.2, 0.25) is 0 Å². The van der Waals surface area contributed by atoms with Gasteiger partial charge in [0.15, 0.2) is 0 Å². The molecule has 0 aliphatic carbocycles. The molecule has 0 saturated heterocycles. The average molecular weight is 447 g/mol. The van der Waals surface area contributed by atoms with Crippen LogP contribution < -0.4 is 20.3 Å². The van der Waals surface area contributed by atoms with E-state index in [9.17, 15) is 14.4 Å². The number of nitrogens with zero attached hydrogens (tertiary/aromatic N) is 5. The number of rotatable bonds is 6. The number of pyridine rings is 2. The number of esters is 1. The molecule has 33 heavy (non-hydrogen) atoms. The smallest absolute Gasteiger partial charge is 0.310 e. The summed E-state index contributed by atoms with van der Waals surface area (Å²) in [6.45, 7) is 1.16. The van der Waals surface area contributed by atoms with Crippen molar-refractivity contribution >= 4 is 17.7 Å². The first-order valence-corrected chi connectivity index (χ1v) is 9.55. The monoisotopic (exact) mass is 447 g/mol. The number of amides is 1. The third-order valence-corrected chi connectivity index (χ3v) is 4.21. The van der Waals surface area contributed by atoms with Crippen molar-refractivity contribution in [1.29, 1.82) is 0 Å². The molecule has 0 saturated carbocycles. The summed E-state index contributed by atoms with van der Waals surface area (Å²) in [5, 5.41) is 6.62. The Morgan fingerprint density at radius 3 is 2.58 bits per heavy atom. The quantitative estimate of drug-likeness (QED) is 0.422. The summed E-state index contributed by atoms with van der Waals surface area (Å²) in [6, 6.07) is 6.30. The lowest BCUT2D eigenvalue weighted by atomic mass is 10.2. The average Bonchev–Trinajstić information content (AvgIpc) is 3.21. The number of ether oxygens (including phenoxy) is 2. The molecule has 0 aromatic carbocycles. The molecule has 4 aromatic rings. The van der Waals surface area contributed by atoms with Gasteiger partial charge in [0.25, 0.3) is 11.5 Å². The summed E-state index contributed by atoms with van der Waals surface area (Å²) in [6.07, 6.45) is 7.60. The van der Waals surface area contributed by atoms with Crippen LogP contribution in [-0.4, -0.2) is 41.6 Å². The molecule has 0 spiro atoms. The van der Waals surface area contributed by atoms with Gasteiger partial charge in [0, 0.05) is 38.0 Å². The number of aromatic amines is 1. The molecule has 12 nitrogen and oxygen atoms in total. The number of hydrogen-bond acceptors (Lipinski definition) is 9. The molecule has 0 aliphatic heterocycles. The van der Waals surface area contributed by atoms with Gasteiger partial charge in [-0.2, -0.15) is 5.10 Å². The van der Waals surface area contributed by atoms with Crippen molar-refractivity contribution in [3.63, 3.8) is 0 Å². The minimum absolute atomic E-state index is 0.196. The summed E-state index contributed by atoms with van der Waals surface area (Å²) in [7, 11) is 1.82. The van der Waals surface area contributed by atoms with Crippen molar-refractivity contribution in [2.24, 2.45) is 7.05 Å². The molecule has 4 aromatic heterocycles. The van der Waals surface area contributed by atoms with Crippen LogP contribution >= 0.6 is 0 Å². The molecule has 12 heteroatoms. The van der Waals surface area contributed by atoms with E-state index in [0.29, 0.717) is 17.2 Å². The third kappa shape index (κ3) is 5.25. The van der Waals surface area contributed by atoms with Gasteiger partial charge in [0.05, 0.1) is 24.3 Å². The minimum atomic E-state index is -0.763. The number of anilines is 1. The molecular weight excluding hydrogens is 430 g/mol. The van der Waals surface area contributed by atoms with Crippen molar-refractivity contribution in [3.05, 3.63) is 71.2 Å². The van der Waals surface area contributed by atoms with Crippen molar-refractivity contribution in [1.82, 2.24) is 29.7 Å². The van der Waals surface area contributed by atoms with Crippen LogP contribution in [0, 0.1) is 0 Å². The fourth-order valence-corrected chi connectivity index (χ4v) is 2.75. The predicted octanol–water partition coefficient (Wildman–Crippen LogP) is 1.93. The number of H-pyrrole nitrogens is 1. The zero-order chi connectivity index (χ0) is 23.4. The Hall–Kier alpha value is -4.87. The molecule has 2 N–H and O–H groups in total. The van der Waals surface area contributed by atoms with E-state index in [1.807, 2.05) is 13.2 Å². The Labute approximate surface area is 186 Å². The topological polar surface area (TPSA) is 154 Å². The van der Waals surface area contributed by atoms with E-state index >= 15 is 0 Å². The molecule has 1 amide bonds. The molecule has 0 aliphatic rings. The maximum Gasteiger partial charge on any atom is 0.310 e. The van der Waals surface area contributed by atoms with Gasteiger partial charge >= 0.3 is 12.0 Å². The van der Waals surface area contributed by atoms with Crippen LogP contribution in [0.1, 0.15) is 17.3 Å². The van der Waals surface area contributed by atoms with E-state index in [0.717, 1.165) is 18.7 Å². The first-order valence-electron chi connectivity index (χ1n) is 9.55. The molecule has 0 radical (unpaired) electrons. The molecule has 0 fully saturated rings. The first-order chi connectivity index (χ1) is 15.9. The molecule has 0 bridgehead atoms. The van der Waals surface area contributed by atoms with Crippen LogP contribution in [-0.2, 0) is 11.8 Å². The Bertz CT molecular complexity index is 1380. The molecule has 166 valence electrons. The maximum atomic E-state index is 12.4. The fraction of sp³-hybridized carbons (Fsp3) is 0.0952. The summed E-state index contributed by atoms with van der Waals surface area (Å²) < 4.78 is 12.2. The summed E-state index contributed by atoms with van der Waals surface area (Å²) >= 11 is 0. The zero-order valence-corrected chi connectivity index (χ0v) is 17.5. The highest BCUT2D eigenvalue weighted by Gasteiger charge is 2.14. The highest BCUT2D eigenvalue weighted by atomic mass is 16.5. The first kappa shape index (κ1) is 21.4. The van der Waals surface area contributed by atoms with Gasteiger partial charge in [0.2, 0.25) is 0 Å². The molecule has 0 unspecified atom stereocenters. The van der Waals surface area contributed by atoms with E-state index in [1.165, 1.54) is 12.3 Å². The highest BCUT2D eigenvalue weighted by molar-refractivity contribution is 6.03. The number of hydrogen-bond donors (Lipinski definition) is 2. The summed E-state index contributed by atoms with van der Waals surface area (Å²) in [5.41, 5.74) is 0.522. The Morgan fingerprint density at radius 2 is 1.91 bits per heavy atom. The molecule has 4 heterocycles. The van der Waals surface area contributed by atoms with Crippen molar-refractivity contribution in [2.45, 2.75) is 6.92 Å². The van der Waals surface area contributed by atoms with Gasteiger partial charge in [-0.15, -0.1) is 0 Å². The fourth-order valence-electron chi connectivity index (χ4n) is 2.75. The van der Waals surface area contributed by atoms with E-state index in [-0.39, 0.29) is 17.4 Å². The number of nitrogens with one attached hydrogen (secondary N) is 2. The van der Waals surface area contributed by atoms with Crippen LogP contribution in [0.4, 0.5) is 5.82 Å². The molecular formula is C21H17N7O5. The predicted molar refractivity (Wildman–Crippen MR) is 115 cm³/mol. The standard InChI is InChI=1S/C21H17N7O5/c1-12(29)32-21-24-10-16(20(31)27-21)19(30)26-18-4-3-15(9-23-18)33-14-5-6-22-17(7-14)13-8-25-28(2)11-13/h3-11H,1-2H3,(H,23,26,30)(H,24,27,31). The number of carbonyl (C=O) groups excluding carboxylic acids is 2. The second kappa shape index (κ2) is 9.09. The van der Waals surface area contributed by atoms with Crippen LogP contribution in [0.15, 0.2) is 60.0 Å². The van der Waals surface area contributed by atoms with Crippen molar-refractivity contribution < 1.29 is 19.1 Å². The van der Waals surface area contributed by atoms with Gasteiger partial charge in [-0.1, -0.05) is 0 Å². The van der Waals surface area contributed by atoms with Crippen molar-refractivity contribution in [2.75, 3.05) is 5.32 Å². The van der Waals surface area contributed by atoms with Crippen molar-refractivity contribution in [3.8, 4) is 28.8 Å². The van der Waals surface area contributed by atoms with Gasteiger partial charge in [-0.05, 0) is 18.2 Å². The number of aryl methyl sites for hydroxylation is 1. The third-order valence-electron chi connectivity index (χ3n) is 4.21. The SMILES string of the molecule is CC(=O)Oc1ncc(C(=O)Nc2ccc(Oc3ccnc(-c4cnn(C)c4)c3)cn2)c(=O)[nH]1. The lowest BCUT2D eigenvalue weighted by molar-refractivity contribution is -0.132. The van der Waals surface area contributed by atoms with Gasteiger partial charge < -0.3 is 14.8 Å². The van der Waals surface area contributed by atoms with Gasteiger partial charge in [0.1, 0.15) is 22.9 Å². The Kier molecular flexibility index (Phi) is 5.89. The summed E-state index contributed by atoms with van der Waals surface area (Å²) in [5.74, 6) is -0.201. The molecule has 0 atom stereocenters. The van der Waals surface area contributed by atoms with Gasteiger partial charge in [-0.25, -0.2) is 9.97 Å². The lowest BCUT2D eigenvalue weighted by Crippen LogP contribution is -2.24. The van der Waals surface area contributed by atoms with E-state index in [1.54, 1.807) is 35.3 Å². The maximum absolute atomic E-state index is 12.4.